The van der Waals surface area contributed by atoms with Crippen LogP contribution in [-0.4, -0.2) is 48.6 Å². The Kier molecular flexibility index (Phi) is 8.76. The second kappa shape index (κ2) is 12.0. The van der Waals surface area contributed by atoms with Gasteiger partial charge in [0.25, 0.3) is 5.91 Å². The molecule has 0 atom stereocenters. The van der Waals surface area contributed by atoms with Gasteiger partial charge in [-0.1, -0.05) is 67.0 Å². The van der Waals surface area contributed by atoms with E-state index in [2.05, 4.69) is 40.0 Å². The molecule has 9 heteroatoms. The number of anilines is 2. The summed E-state index contributed by atoms with van der Waals surface area (Å²) in [5, 5.41) is 4.77. The van der Waals surface area contributed by atoms with Crippen LogP contribution in [0.25, 0.3) is 0 Å². The average molecular weight is 531 g/mol. The summed E-state index contributed by atoms with van der Waals surface area (Å²) >= 11 is 14.0. The van der Waals surface area contributed by atoms with E-state index in [4.69, 9.17) is 28.2 Å². The number of amides is 1. The highest BCUT2D eigenvalue weighted by atomic mass is 35.5. The van der Waals surface area contributed by atoms with E-state index in [1.807, 2.05) is 48.5 Å². The van der Waals surface area contributed by atoms with Crippen LogP contribution in [0.15, 0.2) is 59.8 Å². The molecule has 1 aliphatic heterocycles. The lowest BCUT2D eigenvalue weighted by molar-refractivity contribution is 0.0949. The molecular weight excluding hydrogens is 501 g/mol. The third-order valence-corrected chi connectivity index (χ3v) is 7.04. The minimum Gasteiger partial charge on any atom is -0.368 e. The maximum Gasteiger partial charge on any atom is 0.251 e. The normalized spacial score (nSPS) is 13.9. The van der Waals surface area contributed by atoms with E-state index in [-0.39, 0.29) is 5.91 Å². The fourth-order valence-corrected chi connectivity index (χ4v) is 5.00. The van der Waals surface area contributed by atoms with E-state index in [1.54, 1.807) is 0 Å². The van der Waals surface area contributed by atoms with Gasteiger partial charge in [0.1, 0.15) is 11.0 Å². The highest BCUT2D eigenvalue weighted by Gasteiger charge is 2.20. The lowest BCUT2D eigenvalue weighted by Gasteiger charge is -2.36. The fraction of sp³-hybridized carbons (Fsp3) is 0.346. The van der Waals surface area contributed by atoms with E-state index in [0.29, 0.717) is 34.1 Å². The van der Waals surface area contributed by atoms with E-state index >= 15 is 0 Å². The summed E-state index contributed by atoms with van der Waals surface area (Å²) in [7, 11) is 0. The van der Waals surface area contributed by atoms with Crippen molar-refractivity contribution in [1.82, 2.24) is 15.3 Å². The molecule has 184 valence electrons. The van der Waals surface area contributed by atoms with Gasteiger partial charge < -0.3 is 15.1 Å². The van der Waals surface area contributed by atoms with E-state index in [1.165, 1.54) is 11.8 Å². The smallest absolute Gasteiger partial charge is 0.251 e. The second-order valence-electron chi connectivity index (χ2n) is 8.87. The minimum atomic E-state index is -0.0452. The number of aromatic nitrogens is 2. The Balaban J connectivity index is 1.34. The van der Waals surface area contributed by atoms with Crippen molar-refractivity contribution in [3.8, 4) is 0 Å². The van der Waals surface area contributed by atoms with Gasteiger partial charge in [-0.15, -0.1) is 0 Å². The van der Waals surface area contributed by atoms with Crippen LogP contribution in [0.4, 0.5) is 11.5 Å². The number of hydrogen-bond donors (Lipinski definition) is 1. The summed E-state index contributed by atoms with van der Waals surface area (Å²) in [4.78, 5) is 25.9. The summed E-state index contributed by atoms with van der Waals surface area (Å²) in [5.74, 6) is 1.91. The first kappa shape index (κ1) is 25.6. The summed E-state index contributed by atoms with van der Waals surface area (Å²) in [6.07, 6.45) is 0. The molecule has 3 aromatic rings. The van der Waals surface area contributed by atoms with Gasteiger partial charge in [0.05, 0.1) is 0 Å². The van der Waals surface area contributed by atoms with Crippen molar-refractivity contribution in [3.05, 3.63) is 75.9 Å². The summed E-state index contributed by atoms with van der Waals surface area (Å²) in [5.41, 5.74) is 2.89. The maximum atomic E-state index is 12.2. The number of carbonyl (C=O) groups is 1. The first-order chi connectivity index (χ1) is 16.9. The average Bonchev–Trinajstić information content (AvgIpc) is 2.86. The van der Waals surface area contributed by atoms with E-state index in [0.717, 1.165) is 48.3 Å². The van der Waals surface area contributed by atoms with Crippen LogP contribution < -0.4 is 15.1 Å². The molecule has 2 aromatic carbocycles. The number of hydrogen-bond acceptors (Lipinski definition) is 6. The highest BCUT2D eigenvalue weighted by molar-refractivity contribution is 7.98. The van der Waals surface area contributed by atoms with Crippen LogP contribution in [0.5, 0.6) is 0 Å². The molecule has 1 aliphatic rings. The van der Waals surface area contributed by atoms with Gasteiger partial charge in [-0.2, -0.15) is 0 Å². The quantitative estimate of drug-likeness (QED) is 0.226. The summed E-state index contributed by atoms with van der Waals surface area (Å²) in [6.45, 7) is 8.24. The van der Waals surface area contributed by atoms with Crippen molar-refractivity contribution in [2.24, 2.45) is 5.92 Å². The molecule has 0 bridgehead atoms. The maximum absolute atomic E-state index is 12.2. The molecule has 0 spiro atoms. The zero-order chi connectivity index (χ0) is 24.8. The molecule has 35 heavy (non-hydrogen) atoms. The van der Waals surface area contributed by atoms with Crippen LogP contribution in [0.3, 0.4) is 0 Å². The molecule has 1 aromatic heterocycles. The Morgan fingerprint density at radius 1 is 1.00 bits per heavy atom. The summed E-state index contributed by atoms with van der Waals surface area (Å²) in [6, 6.07) is 17.4. The predicted octanol–water partition coefficient (Wildman–Crippen LogP) is 5.79. The molecule has 1 N–H and O–H groups in total. The van der Waals surface area contributed by atoms with Gasteiger partial charge in [-0.3, -0.25) is 4.79 Å². The van der Waals surface area contributed by atoms with Crippen LogP contribution in [-0.2, 0) is 5.75 Å². The number of benzene rings is 2. The predicted molar refractivity (Wildman–Crippen MR) is 146 cm³/mol. The number of nitrogens with zero attached hydrogens (tertiary/aromatic N) is 4. The number of piperazine rings is 1. The molecule has 2 heterocycles. The standard InChI is InChI=1S/C26H29Cl2N5OS/c1-18(2)16-29-25(34)20-8-6-19(7-9-20)17-35-26-30-23(28)15-24(31-26)33-12-10-32(11-13-33)22-5-3-4-21(27)14-22/h3-9,14-15,18H,10-13,16-17H2,1-2H3,(H,29,34). The van der Waals surface area contributed by atoms with Crippen molar-refractivity contribution in [2.75, 3.05) is 42.5 Å². The van der Waals surface area contributed by atoms with Crippen molar-refractivity contribution >= 4 is 52.4 Å². The number of thioether (sulfide) groups is 1. The third-order valence-electron chi connectivity index (χ3n) is 5.69. The second-order valence-corrected chi connectivity index (χ2v) is 10.6. The number of carbonyl (C=O) groups excluding carboxylic acids is 1. The van der Waals surface area contributed by atoms with E-state index in [9.17, 15) is 4.79 Å². The molecule has 0 saturated carbocycles. The number of nitrogens with one attached hydrogen (secondary N) is 1. The highest BCUT2D eigenvalue weighted by Crippen LogP contribution is 2.27. The monoisotopic (exact) mass is 529 g/mol. The molecule has 0 unspecified atom stereocenters. The Bertz CT molecular complexity index is 1150. The lowest BCUT2D eigenvalue weighted by Crippen LogP contribution is -2.46. The van der Waals surface area contributed by atoms with Gasteiger partial charge in [0.15, 0.2) is 5.16 Å². The van der Waals surface area contributed by atoms with Gasteiger partial charge in [-0.05, 0) is 41.8 Å². The van der Waals surface area contributed by atoms with Crippen LogP contribution in [0.1, 0.15) is 29.8 Å². The van der Waals surface area contributed by atoms with Gasteiger partial charge >= 0.3 is 0 Å². The zero-order valence-corrected chi connectivity index (χ0v) is 22.2. The first-order valence-corrected chi connectivity index (χ1v) is 13.4. The molecular formula is C26H29Cl2N5OS. The van der Waals surface area contributed by atoms with Gasteiger partial charge in [0.2, 0.25) is 0 Å². The molecule has 0 aliphatic carbocycles. The van der Waals surface area contributed by atoms with Crippen LogP contribution >= 0.6 is 35.0 Å². The largest absolute Gasteiger partial charge is 0.368 e. The molecule has 6 nitrogen and oxygen atoms in total. The van der Waals surface area contributed by atoms with Gasteiger partial charge in [0, 0.05) is 60.8 Å². The molecule has 1 saturated heterocycles. The van der Waals surface area contributed by atoms with Crippen molar-refractivity contribution in [2.45, 2.75) is 24.8 Å². The van der Waals surface area contributed by atoms with Gasteiger partial charge in [-0.25, -0.2) is 9.97 Å². The lowest BCUT2D eigenvalue weighted by atomic mass is 10.1. The minimum absolute atomic E-state index is 0.0452. The number of halogens is 2. The Morgan fingerprint density at radius 3 is 2.40 bits per heavy atom. The van der Waals surface area contributed by atoms with E-state index < -0.39 is 0 Å². The van der Waals surface area contributed by atoms with Crippen molar-refractivity contribution < 1.29 is 4.79 Å². The fourth-order valence-electron chi connectivity index (χ4n) is 3.78. The Hall–Kier alpha value is -2.48. The molecule has 4 rings (SSSR count). The zero-order valence-electron chi connectivity index (χ0n) is 19.9. The Labute approximate surface area is 221 Å². The SMILES string of the molecule is CC(C)CNC(=O)c1ccc(CSc2nc(Cl)cc(N3CCN(c4cccc(Cl)c4)CC3)n2)cc1. The topological polar surface area (TPSA) is 61.4 Å². The third kappa shape index (κ3) is 7.26. The summed E-state index contributed by atoms with van der Waals surface area (Å²) < 4.78 is 0. The molecule has 1 amide bonds. The molecule has 0 radical (unpaired) electrons. The Morgan fingerprint density at radius 2 is 1.71 bits per heavy atom. The van der Waals surface area contributed by atoms with Crippen LogP contribution in [0, 0.1) is 5.92 Å². The van der Waals surface area contributed by atoms with Crippen molar-refractivity contribution in [3.63, 3.8) is 0 Å². The van der Waals surface area contributed by atoms with Crippen molar-refractivity contribution in [1.29, 1.82) is 0 Å². The number of rotatable bonds is 8. The van der Waals surface area contributed by atoms with Crippen LogP contribution in [0.2, 0.25) is 10.2 Å². The molecule has 1 fully saturated rings. The first-order valence-electron chi connectivity index (χ1n) is 11.7.